The molecule has 1 amide bonds. The molecule has 0 radical (unpaired) electrons. The molecular weight excluding hydrogens is 278 g/mol. The molecule has 0 unspecified atom stereocenters. The van der Waals surface area contributed by atoms with Crippen molar-refractivity contribution in [2.75, 3.05) is 19.5 Å². The standard InChI is InChI=1S/C18H19NO3/c1-11-6-4-5-7-13(11)14-10-17(20)19-15-8-12(21-2)9-16(22-3)18(14)15/h4-9,14H,10H2,1-3H3,(H,19,20)/t14-/m1/s1. The lowest BCUT2D eigenvalue weighted by Gasteiger charge is -2.29. The fourth-order valence-electron chi connectivity index (χ4n) is 3.08. The minimum absolute atomic E-state index is 0.00851. The van der Waals surface area contributed by atoms with Crippen LogP contribution < -0.4 is 14.8 Å². The van der Waals surface area contributed by atoms with Gasteiger partial charge in [-0.1, -0.05) is 24.3 Å². The molecule has 1 atom stereocenters. The summed E-state index contributed by atoms with van der Waals surface area (Å²) in [5.41, 5.74) is 4.10. The lowest BCUT2D eigenvalue weighted by atomic mass is 9.82. The monoisotopic (exact) mass is 297 g/mol. The van der Waals surface area contributed by atoms with Crippen molar-refractivity contribution < 1.29 is 14.3 Å². The predicted molar refractivity (Wildman–Crippen MR) is 85.8 cm³/mol. The first-order chi connectivity index (χ1) is 10.6. The summed E-state index contributed by atoms with van der Waals surface area (Å²) in [6.07, 6.45) is 0.417. The van der Waals surface area contributed by atoms with Crippen LogP contribution in [-0.4, -0.2) is 20.1 Å². The van der Waals surface area contributed by atoms with Crippen LogP contribution in [0.25, 0.3) is 0 Å². The number of aryl methyl sites for hydroxylation is 1. The van der Waals surface area contributed by atoms with E-state index in [1.165, 1.54) is 5.56 Å². The Morgan fingerprint density at radius 1 is 1.14 bits per heavy atom. The molecule has 0 bridgehead atoms. The molecule has 1 N–H and O–H groups in total. The molecule has 114 valence electrons. The van der Waals surface area contributed by atoms with E-state index >= 15 is 0 Å². The number of anilines is 1. The molecule has 0 saturated carbocycles. The third-order valence-corrected chi connectivity index (χ3v) is 4.15. The smallest absolute Gasteiger partial charge is 0.225 e. The van der Waals surface area contributed by atoms with Gasteiger partial charge in [0.25, 0.3) is 0 Å². The largest absolute Gasteiger partial charge is 0.497 e. The maximum Gasteiger partial charge on any atom is 0.225 e. The highest BCUT2D eigenvalue weighted by atomic mass is 16.5. The van der Waals surface area contributed by atoms with Crippen LogP contribution in [0.5, 0.6) is 11.5 Å². The van der Waals surface area contributed by atoms with E-state index in [0.717, 1.165) is 22.6 Å². The molecule has 0 fully saturated rings. The summed E-state index contributed by atoms with van der Waals surface area (Å²) in [6.45, 7) is 2.07. The number of hydrogen-bond donors (Lipinski definition) is 1. The number of benzene rings is 2. The van der Waals surface area contributed by atoms with Crippen molar-refractivity contribution in [3.05, 3.63) is 53.1 Å². The molecule has 1 aliphatic rings. The van der Waals surface area contributed by atoms with Gasteiger partial charge in [0.15, 0.2) is 0 Å². The van der Waals surface area contributed by atoms with Crippen LogP contribution in [0.2, 0.25) is 0 Å². The Morgan fingerprint density at radius 2 is 1.91 bits per heavy atom. The molecule has 3 rings (SSSR count). The third-order valence-electron chi connectivity index (χ3n) is 4.15. The van der Waals surface area contributed by atoms with E-state index in [4.69, 9.17) is 9.47 Å². The second kappa shape index (κ2) is 5.72. The normalized spacial score (nSPS) is 16.7. The van der Waals surface area contributed by atoms with E-state index in [2.05, 4.69) is 24.4 Å². The van der Waals surface area contributed by atoms with Crippen LogP contribution in [-0.2, 0) is 4.79 Å². The topological polar surface area (TPSA) is 47.6 Å². The van der Waals surface area contributed by atoms with E-state index in [9.17, 15) is 4.79 Å². The van der Waals surface area contributed by atoms with Crippen LogP contribution in [0.4, 0.5) is 5.69 Å². The molecule has 4 nitrogen and oxygen atoms in total. The van der Waals surface area contributed by atoms with Gasteiger partial charge in [0.2, 0.25) is 5.91 Å². The van der Waals surface area contributed by atoms with Gasteiger partial charge in [-0.2, -0.15) is 0 Å². The maximum atomic E-state index is 12.1. The van der Waals surface area contributed by atoms with Crippen LogP contribution in [0, 0.1) is 6.92 Å². The second-order valence-corrected chi connectivity index (χ2v) is 5.45. The summed E-state index contributed by atoms with van der Waals surface area (Å²) in [6, 6.07) is 11.9. The highest BCUT2D eigenvalue weighted by Crippen LogP contribution is 2.45. The molecule has 2 aromatic carbocycles. The van der Waals surface area contributed by atoms with Crippen molar-refractivity contribution in [3.8, 4) is 11.5 Å². The van der Waals surface area contributed by atoms with Gasteiger partial charge in [-0.15, -0.1) is 0 Å². The number of methoxy groups -OCH3 is 2. The molecule has 0 aromatic heterocycles. The fourth-order valence-corrected chi connectivity index (χ4v) is 3.08. The number of carbonyl (C=O) groups excluding carboxylic acids is 1. The number of ether oxygens (including phenoxy) is 2. The first-order valence-electron chi connectivity index (χ1n) is 7.25. The minimum Gasteiger partial charge on any atom is -0.497 e. The van der Waals surface area contributed by atoms with Crippen LogP contribution in [0.1, 0.15) is 29.0 Å². The van der Waals surface area contributed by atoms with Crippen LogP contribution in [0.15, 0.2) is 36.4 Å². The van der Waals surface area contributed by atoms with Crippen molar-refractivity contribution in [2.45, 2.75) is 19.3 Å². The highest BCUT2D eigenvalue weighted by molar-refractivity contribution is 5.96. The lowest BCUT2D eigenvalue weighted by molar-refractivity contribution is -0.116. The molecule has 0 saturated heterocycles. The zero-order valence-corrected chi connectivity index (χ0v) is 13.0. The number of fused-ring (bicyclic) bond motifs is 1. The Kier molecular flexibility index (Phi) is 3.75. The number of amides is 1. The molecule has 1 heterocycles. The molecule has 22 heavy (non-hydrogen) atoms. The van der Waals surface area contributed by atoms with Crippen molar-refractivity contribution in [2.24, 2.45) is 0 Å². The van der Waals surface area contributed by atoms with E-state index in [-0.39, 0.29) is 11.8 Å². The first-order valence-corrected chi connectivity index (χ1v) is 7.25. The zero-order chi connectivity index (χ0) is 15.7. The molecule has 2 aromatic rings. The summed E-state index contributed by atoms with van der Waals surface area (Å²) in [7, 11) is 3.24. The number of carbonyl (C=O) groups is 1. The Morgan fingerprint density at radius 3 is 2.59 bits per heavy atom. The Labute approximate surface area is 130 Å². The Hall–Kier alpha value is -2.49. The van der Waals surface area contributed by atoms with E-state index < -0.39 is 0 Å². The van der Waals surface area contributed by atoms with Gasteiger partial charge >= 0.3 is 0 Å². The maximum absolute atomic E-state index is 12.1. The molecular formula is C18H19NO3. The number of rotatable bonds is 3. The van der Waals surface area contributed by atoms with Gasteiger partial charge in [0.05, 0.1) is 19.9 Å². The molecule has 4 heteroatoms. The second-order valence-electron chi connectivity index (χ2n) is 5.45. The van der Waals surface area contributed by atoms with Crippen molar-refractivity contribution in [1.82, 2.24) is 0 Å². The van der Waals surface area contributed by atoms with E-state index in [0.29, 0.717) is 12.2 Å². The Balaban J connectivity index is 2.20. The predicted octanol–water partition coefficient (Wildman–Crippen LogP) is 3.49. The average Bonchev–Trinajstić information content (AvgIpc) is 2.53. The fraction of sp³-hybridized carbons (Fsp3) is 0.278. The van der Waals surface area contributed by atoms with Gasteiger partial charge < -0.3 is 14.8 Å². The number of nitrogens with one attached hydrogen (secondary N) is 1. The van der Waals surface area contributed by atoms with Gasteiger partial charge in [0, 0.05) is 30.0 Å². The van der Waals surface area contributed by atoms with Gasteiger partial charge in [0.1, 0.15) is 11.5 Å². The average molecular weight is 297 g/mol. The zero-order valence-electron chi connectivity index (χ0n) is 13.0. The summed E-state index contributed by atoms with van der Waals surface area (Å²) < 4.78 is 10.8. The van der Waals surface area contributed by atoms with E-state index in [1.54, 1.807) is 14.2 Å². The van der Waals surface area contributed by atoms with Crippen LogP contribution >= 0.6 is 0 Å². The molecule has 1 aliphatic heterocycles. The first kappa shape index (κ1) is 14.4. The highest BCUT2D eigenvalue weighted by Gasteiger charge is 2.31. The van der Waals surface area contributed by atoms with Gasteiger partial charge in [-0.25, -0.2) is 0 Å². The molecule has 0 aliphatic carbocycles. The summed E-state index contributed by atoms with van der Waals surface area (Å²) in [4.78, 5) is 12.1. The van der Waals surface area contributed by atoms with Gasteiger partial charge in [-0.05, 0) is 18.1 Å². The Bertz CT molecular complexity index is 724. The van der Waals surface area contributed by atoms with Crippen molar-refractivity contribution in [3.63, 3.8) is 0 Å². The minimum atomic E-state index is -0.00851. The van der Waals surface area contributed by atoms with Gasteiger partial charge in [-0.3, -0.25) is 4.79 Å². The third kappa shape index (κ3) is 2.41. The van der Waals surface area contributed by atoms with Crippen molar-refractivity contribution >= 4 is 11.6 Å². The van der Waals surface area contributed by atoms with E-state index in [1.807, 2.05) is 24.3 Å². The number of hydrogen-bond acceptors (Lipinski definition) is 3. The SMILES string of the molecule is COc1cc2c(c(OC)c1)[C@@H](c1ccccc1C)CC(=O)N2. The van der Waals surface area contributed by atoms with Crippen molar-refractivity contribution in [1.29, 1.82) is 0 Å². The summed E-state index contributed by atoms with van der Waals surface area (Å²) >= 11 is 0. The lowest BCUT2D eigenvalue weighted by Crippen LogP contribution is -2.24. The summed E-state index contributed by atoms with van der Waals surface area (Å²) in [5.74, 6) is 1.41. The van der Waals surface area contributed by atoms with Crippen LogP contribution in [0.3, 0.4) is 0 Å². The quantitative estimate of drug-likeness (QED) is 0.943. The molecule has 0 spiro atoms. The summed E-state index contributed by atoms with van der Waals surface area (Å²) in [5, 5.41) is 2.93.